The zero-order chi connectivity index (χ0) is 17.8. The lowest BCUT2D eigenvalue weighted by Gasteiger charge is -2.12. The molecular weight excluding hydrogens is 321 g/mol. The van der Waals surface area contributed by atoms with Crippen LogP contribution < -0.4 is 10.6 Å². The van der Waals surface area contributed by atoms with E-state index in [-0.39, 0.29) is 11.5 Å². The molecule has 3 aromatic rings. The van der Waals surface area contributed by atoms with E-state index in [0.29, 0.717) is 11.4 Å². The molecule has 1 amide bonds. The van der Waals surface area contributed by atoms with Gasteiger partial charge >= 0.3 is 0 Å². The van der Waals surface area contributed by atoms with Crippen molar-refractivity contribution in [3.05, 3.63) is 71.7 Å². The molecule has 0 aromatic carbocycles. The highest BCUT2D eigenvalue weighted by Gasteiger charge is 2.15. The van der Waals surface area contributed by atoms with Crippen molar-refractivity contribution >= 4 is 23.1 Å². The molecule has 0 spiro atoms. The number of aromatic nitrogens is 3. The molecular formula is C18H16FN5O. The van der Waals surface area contributed by atoms with Gasteiger partial charge < -0.3 is 10.6 Å². The Bertz CT molecular complexity index is 894. The first-order valence-corrected chi connectivity index (χ1v) is 7.61. The van der Waals surface area contributed by atoms with Crippen molar-refractivity contribution in [1.82, 2.24) is 15.0 Å². The number of anilines is 3. The summed E-state index contributed by atoms with van der Waals surface area (Å²) in [6, 6.07) is 9.92. The molecule has 0 unspecified atom stereocenters. The van der Waals surface area contributed by atoms with Crippen LogP contribution in [0.5, 0.6) is 0 Å². The number of aryl methyl sites for hydroxylation is 2. The van der Waals surface area contributed by atoms with Crippen LogP contribution in [0.1, 0.15) is 21.9 Å². The van der Waals surface area contributed by atoms with Crippen LogP contribution >= 0.6 is 0 Å². The van der Waals surface area contributed by atoms with Crippen molar-refractivity contribution in [3.8, 4) is 0 Å². The molecule has 0 radical (unpaired) electrons. The number of amides is 1. The lowest BCUT2D eigenvalue weighted by atomic mass is 10.2. The summed E-state index contributed by atoms with van der Waals surface area (Å²) in [4.78, 5) is 24.9. The average Bonchev–Trinajstić information content (AvgIpc) is 2.60. The normalized spacial score (nSPS) is 10.4. The fraction of sp³-hybridized carbons (Fsp3) is 0.111. The molecule has 2 N–H and O–H groups in total. The van der Waals surface area contributed by atoms with E-state index in [4.69, 9.17) is 0 Å². The summed E-state index contributed by atoms with van der Waals surface area (Å²) in [5.74, 6) is -0.663. The largest absolute Gasteiger partial charge is 0.352 e. The Labute approximate surface area is 144 Å². The molecule has 6 nitrogen and oxygen atoms in total. The predicted octanol–water partition coefficient (Wildman–Crippen LogP) is 3.62. The highest BCUT2D eigenvalue weighted by Crippen LogP contribution is 2.21. The van der Waals surface area contributed by atoms with Gasteiger partial charge in [-0.3, -0.25) is 9.78 Å². The standard InChI is InChI=1S/C18H16FN5O/c1-11-3-6-14(10-20-11)23-15-7-4-12(2)22-17(15)18(25)24-16-8-5-13(19)9-21-16/h3-10,23H,1-2H3,(H,21,24,25). The maximum absolute atomic E-state index is 12.9. The molecule has 0 saturated heterocycles. The highest BCUT2D eigenvalue weighted by atomic mass is 19.1. The van der Waals surface area contributed by atoms with Crippen LogP contribution in [0.2, 0.25) is 0 Å². The van der Waals surface area contributed by atoms with E-state index in [1.165, 1.54) is 12.1 Å². The summed E-state index contributed by atoms with van der Waals surface area (Å²) in [6.45, 7) is 3.69. The topological polar surface area (TPSA) is 79.8 Å². The van der Waals surface area contributed by atoms with Crippen molar-refractivity contribution in [2.75, 3.05) is 10.6 Å². The Morgan fingerprint density at radius 2 is 1.76 bits per heavy atom. The Kier molecular flexibility index (Phi) is 4.65. The molecule has 126 valence electrons. The molecule has 0 aliphatic heterocycles. The van der Waals surface area contributed by atoms with Crippen LogP contribution in [-0.4, -0.2) is 20.9 Å². The van der Waals surface area contributed by atoms with Crippen molar-refractivity contribution in [1.29, 1.82) is 0 Å². The first-order chi connectivity index (χ1) is 12.0. The smallest absolute Gasteiger partial charge is 0.277 e. The molecule has 0 fully saturated rings. The van der Waals surface area contributed by atoms with E-state index in [0.717, 1.165) is 17.6 Å². The number of rotatable bonds is 4. The Balaban J connectivity index is 1.86. The van der Waals surface area contributed by atoms with Gasteiger partial charge in [-0.15, -0.1) is 0 Å². The summed E-state index contributed by atoms with van der Waals surface area (Å²) in [6.07, 6.45) is 2.72. The third kappa shape index (κ3) is 4.14. The van der Waals surface area contributed by atoms with Crippen LogP contribution in [0.15, 0.2) is 48.8 Å². The third-order valence-electron chi connectivity index (χ3n) is 3.41. The monoisotopic (exact) mass is 337 g/mol. The maximum atomic E-state index is 12.9. The van der Waals surface area contributed by atoms with Crippen molar-refractivity contribution in [3.63, 3.8) is 0 Å². The van der Waals surface area contributed by atoms with Crippen LogP contribution in [0.4, 0.5) is 21.6 Å². The van der Waals surface area contributed by atoms with Gasteiger partial charge in [-0.25, -0.2) is 14.4 Å². The molecule has 3 aromatic heterocycles. The number of pyridine rings is 3. The van der Waals surface area contributed by atoms with Gasteiger partial charge in [-0.2, -0.15) is 0 Å². The number of carbonyl (C=O) groups excluding carboxylic acids is 1. The zero-order valence-electron chi connectivity index (χ0n) is 13.7. The van der Waals surface area contributed by atoms with Gasteiger partial charge in [0, 0.05) is 11.4 Å². The molecule has 7 heteroatoms. The molecule has 0 atom stereocenters. The molecule has 0 aliphatic rings. The molecule has 25 heavy (non-hydrogen) atoms. The minimum Gasteiger partial charge on any atom is -0.352 e. The Hall–Kier alpha value is -3.35. The maximum Gasteiger partial charge on any atom is 0.277 e. The second-order valence-corrected chi connectivity index (χ2v) is 5.48. The van der Waals surface area contributed by atoms with E-state index in [1.807, 2.05) is 19.1 Å². The number of nitrogens with one attached hydrogen (secondary N) is 2. The average molecular weight is 337 g/mol. The summed E-state index contributed by atoms with van der Waals surface area (Å²) < 4.78 is 12.9. The highest BCUT2D eigenvalue weighted by molar-refractivity contribution is 6.06. The minimum absolute atomic E-state index is 0.215. The van der Waals surface area contributed by atoms with Gasteiger partial charge in [0.25, 0.3) is 5.91 Å². The van der Waals surface area contributed by atoms with Crippen LogP contribution in [0.25, 0.3) is 0 Å². The number of nitrogens with zero attached hydrogens (tertiary/aromatic N) is 3. The van der Waals surface area contributed by atoms with E-state index >= 15 is 0 Å². The molecule has 3 heterocycles. The Morgan fingerprint density at radius 3 is 2.44 bits per heavy atom. The molecule has 0 saturated carbocycles. The number of carbonyl (C=O) groups is 1. The Morgan fingerprint density at radius 1 is 0.960 bits per heavy atom. The molecule has 3 rings (SSSR count). The summed E-state index contributed by atoms with van der Waals surface area (Å²) >= 11 is 0. The second-order valence-electron chi connectivity index (χ2n) is 5.48. The lowest BCUT2D eigenvalue weighted by Crippen LogP contribution is -2.17. The van der Waals surface area contributed by atoms with E-state index in [1.54, 1.807) is 25.3 Å². The van der Waals surface area contributed by atoms with E-state index < -0.39 is 11.7 Å². The van der Waals surface area contributed by atoms with E-state index in [9.17, 15) is 9.18 Å². The first kappa shape index (κ1) is 16.5. The summed E-state index contributed by atoms with van der Waals surface area (Å²) in [5, 5.41) is 5.75. The number of halogens is 1. The van der Waals surface area contributed by atoms with Gasteiger partial charge in [-0.1, -0.05) is 0 Å². The summed E-state index contributed by atoms with van der Waals surface area (Å²) in [7, 11) is 0. The summed E-state index contributed by atoms with van der Waals surface area (Å²) in [5.41, 5.74) is 3.09. The fourth-order valence-corrected chi connectivity index (χ4v) is 2.15. The van der Waals surface area contributed by atoms with Gasteiger partial charge in [0.05, 0.1) is 23.8 Å². The quantitative estimate of drug-likeness (QED) is 0.760. The van der Waals surface area contributed by atoms with Gasteiger partial charge in [0.2, 0.25) is 0 Å². The van der Waals surface area contributed by atoms with E-state index in [2.05, 4.69) is 25.6 Å². The fourth-order valence-electron chi connectivity index (χ4n) is 2.15. The van der Waals surface area contributed by atoms with Gasteiger partial charge in [-0.05, 0) is 50.2 Å². The minimum atomic E-state index is -0.471. The predicted molar refractivity (Wildman–Crippen MR) is 93.4 cm³/mol. The molecule has 0 aliphatic carbocycles. The first-order valence-electron chi connectivity index (χ1n) is 7.61. The van der Waals surface area contributed by atoms with Crippen molar-refractivity contribution < 1.29 is 9.18 Å². The SMILES string of the molecule is Cc1ccc(Nc2ccc(C)nc2C(=O)Nc2ccc(F)cn2)cn1. The van der Waals surface area contributed by atoms with Crippen LogP contribution in [0, 0.1) is 19.7 Å². The molecule has 0 bridgehead atoms. The third-order valence-corrected chi connectivity index (χ3v) is 3.41. The van der Waals surface area contributed by atoms with Crippen molar-refractivity contribution in [2.24, 2.45) is 0 Å². The van der Waals surface area contributed by atoms with Crippen LogP contribution in [0.3, 0.4) is 0 Å². The number of hydrogen-bond donors (Lipinski definition) is 2. The van der Waals surface area contributed by atoms with Gasteiger partial charge in [0.1, 0.15) is 11.6 Å². The van der Waals surface area contributed by atoms with Crippen LogP contribution in [-0.2, 0) is 0 Å². The second kappa shape index (κ2) is 7.04. The van der Waals surface area contributed by atoms with Crippen molar-refractivity contribution in [2.45, 2.75) is 13.8 Å². The zero-order valence-corrected chi connectivity index (χ0v) is 13.7. The van der Waals surface area contributed by atoms with Gasteiger partial charge in [0.15, 0.2) is 5.69 Å². The number of hydrogen-bond acceptors (Lipinski definition) is 5. The lowest BCUT2D eigenvalue weighted by molar-refractivity contribution is 0.102.